The first kappa shape index (κ1) is 13.0. The number of rotatable bonds is 3. The van der Waals surface area contributed by atoms with E-state index < -0.39 is 5.82 Å². The molecular weight excluding hydrogens is 248 g/mol. The number of nitriles is 1. The number of benzene rings is 1. The van der Waals surface area contributed by atoms with Gasteiger partial charge in [0.2, 0.25) is 0 Å². The summed E-state index contributed by atoms with van der Waals surface area (Å²) in [6.07, 6.45) is 1.40. The summed E-state index contributed by atoms with van der Waals surface area (Å²) < 4.78 is 12.8. The molecule has 0 radical (unpaired) electrons. The Morgan fingerprint density at radius 2 is 2.19 bits per heavy atom. The van der Waals surface area contributed by atoms with E-state index in [0.29, 0.717) is 22.6 Å². The highest BCUT2D eigenvalue weighted by atomic mass is 35.5. The molecule has 0 saturated carbocycles. The van der Waals surface area contributed by atoms with Gasteiger partial charge in [0.25, 0.3) is 0 Å². The van der Waals surface area contributed by atoms with E-state index in [0.717, 1.165) is 6.42 Å². The SMILES string of the molecule is CCCC(C#N)=C(Cl)c1ccc(F)cc1Cl. The Labute approximate surface area is 104 Å². The van der Waals surface area contributed by atoms with Gasteiger partial charge >= 0.3 is 0 Å². The molecule has 1 rings (SSSR count). The second-order valence-corrected chi connectivity index (χ2v) is 4.06. The third kappa shape index (κ3) is 2.98. The lowest BCUT2D eigenvalue weighted by molar-refractivity contribution is 0.628. The van der Waals surface area contributed by atoms with Crippen molar-refractivity contribution in [3.63, 3.8) is 0 Å². The summed E-state index contributed by atoms with van der Waals surface area (Å²) in [4.78, 5) is 0. The van der Waals surface area contributed by atoms with Crippen LogP contribution >= 0.6 is 23.2 Å². The monoisotopic (exact) mass is 257 g/mol. The fourth-order valence-electron chi connectivity index (χ4n) is 1.29. The van der Waals surface area contributed by atoms with Gasteiger partial charge in [0.1, 0.15) is 5.82 Å². The summed E-state index contributed by atoms with van der Waals surface area (Å²) in [6.45, 7) is 1.95. The van der Waals surface area contributed by atoms with E-state index in [1.165, 1.54) is 18.2 Å². The van der Waals surface area contributed by atoms with Gasteiger partial charge in [-0.3, -0.25) is 0 Å². The van der Waals surface area contributed by atoms with E-state index in [-0.39, 0.29) is 5.02 Å². The first-order valence-electron chi connectivity index (χ1n) is 4.84. The summed E-state index contributed by atoms with van der Waals surface area (Å²) in [7, 11) is 0. The largest absolute Gasteiger partial charge is 0.207 e. The van der Waals surface area contributed by atoms with Crippen LogP contribution in [-0.2, 0) is 0 Å². The van der Waals surface area contributed by atoms with Gasteiger partial charge in [-0.1, -0.05) is 36.5 Å². The molecule has 84 valence electrons. The Hall–Kier alpha value is -1.04. The molecule has 0 saturated heterocycles. The minimum Gasteiger partial charge on any atom is -0.207 e. The highest BCUT2D eigenvalue weighted by Gasteiger charge is 2.10. The van der Waals surface area contributed by atoms with Crippen LogP contribution in [-0.4, -0.2) is 0 Å². The molecule has 0 amide bonds. The van der Waals surface area contributed by atoms with Gasteiger partial charge in [0.15, 0.2) is 0 Å². The Balaban J connectivity index is 3.22. The van der Waals surface area contributed by atoms with Gasteiger partial charge < -0.3 is 0 Å². The fourth-order valence-corrected chi connectivity index (χ4v) is 1.91. The Bertz CT molecular complexity index is 461. The maximum Gasteiger partial charge on any atom is 0.124 e. The molecule has 0 N–H and O–H groups in total. The van der Waals surface area contributed by atoms with Crippen molar-refractivity contribution in [1.82, 2.24) is 0 Å². The number of halogens is 3. The lowest BCUT2D eigenvalue weighted by Crippen LogP contribution is -1.87. The molecule has 0 aromatic heterocycles. The average Bonchev–Trinajstić information content (AvgIpc) is 2.25. The van der Waals surface area contributed by atoms with Crippen LogP contribution < -0.4 is 0 Å². The summed E-state index contributed by atoms with van der Waals surface area (Å²) >= 11 is 11.9. The molecule has 0 fully saturated rings. The first-order valence-corrected chi connectivity index (χ1v) is 5.60. The van der Waals surface area contributed by atoms with Crippen LogP contribution in [0, 0.1) is 17.1 Å². The molecule has 0 heterocycles. The van der Waals surface area contributed by atoms with E-state index in [4.69, 9.17) is 28.5 Å². The van der Waals surface area contributed by atoms with Crippen molar-refractivity contribution in [2.75, 3.05) is 0 Å². The second kappa shape index (κ2) is 5.89. The van der Waals surface area contributed by atoms with E-state index in [2.05, 4.69) is 0 Å². The standard InChI is InChI=1S/C12H10Cl2FN/c1-2-3-8(7-16)12(14)10-5-4-9(15)6-11(10)13/h4-6H,2-3H2,1H3. The fraction of sp³-hybridized carbons (Fsp3) is 0.250. The molecule has 16 heavy (non-hydrogen) atoms. The normalized spacial score (nSPS) is 11.9. The number of hydrogen-bond acceptors (Lipinski definition) is 1. The van der Waals surface area contributed by atoms with E-state index in [9.17, 15) is 4.39 Å². The molecule has 1 aromatic carbocycles. The lowest BCUT2D eigenvalue weighted by Gasteiger charge is -2.05. The zero-order valence-corrected chi connectivity index (χ0v) is 10.2. The van der Waals surface area contributed by atoms with Crippen LogP contribution in [0.3, 0.4) is 0 Å². The molecule has 1 nitrogen and oxygen atoms in total. The van der Waals surface area contributed by atoms with Gasteiger partial charge in [-0.25, -0.2) is 4.39 Å². The van der Waals surface area contributed by atoms with E-state index in [1.54, 1.807) is 0 Å². The van der Waals surface area contributed by atoms with Gasteiger partial charge in [-0.05, 0) is 24.6 Å². The van der Waals surface area contributed by atoms with Crippen molar-refractivity contribution in [2.45, 2.75) is 19.8 Å². The molecule has 0 spiro atoms. The minimum absolute atomic E-state index is 0.217. The zero-order valence-electron chi connectivity index (χ0n) is 8.73. The number of hydrogen-bond donors (Lipinski definition) is 0. The molecule has 0 unspecified atom stereocenters. The summed E-state index contributed by atoms with van der Waals surface area (Å²) in [6, 6.07) is 5.97. The molecule has 4 heteroatoms. The second-order valence-electron chi connectivity index (χ2n) is 3.28. The average molecular weight is 258 g/mol. The molecular formula is C12H10Cl2FN. The lowest BCUT2D eigenvalue weighted by atomic mass is 10.1. The molecule has 1 aromatic rings. The zero-order chi connectivity index (χ0) is 12.1. The maximum atomic E-state index is 12.8. The number of nitrogens with zero attached hydrogens (tertiary/aromatic N) is 1. The predicted octanol–water partition coefficient (Wildman–Crippen LogP) is 4.75. The minimum atomic E-state index is -0.424. The van der Waals surface area contributed by atoms with Crippen molar-refractivity contribution in [3.05, 3.63) is 40.2 Å². The van der Waals surface area contributed by atoms with E-state index >= 15 is 0 Å². The maximum absolute atomic E-state index is 12.8. The predicted molar refractivity (Wildman–Crippen MR) is 64.7 cm³/mol. The van der Waals surface area contributed by atoms with Gasteiger partial charge in [0.05, 0.1) is 16.1 Å². The first-order chi connectivity index (χ1) is 7.60. The molecule has 0 atom stereocenters. The topological polar surface area (TPSA) is 23.8 Å². The Kier molecular flexibility index (Phi) is 4.79. The van der Waals surface area contributed by atoms with Crippen LogP contribution in [0.2, 0.25) is 5.02 Å². The van der Waals surface area contributed by atoms with Crippen molar-refractivity contribution >= 4 is 28.2 Å². The Morgan fingerprint density at radius 1 is 1.50 bits per heavy atom. The van der Waals surface area contributed by atoms with Crippen LogP contribution in [0.4, 0.5) is 4.39 Å². The van der Waals surface area contributed by atoms with Crippen LogP contribution in [0.1, 0.15) is 25.3 Å². The van der Waals surface area contributed by atoms with Crippen LogP contribution in [0.25, 0.3) is 5.03 Å². The molecule has 0 aliphatic rings. The van der Waals surface area contributed by atoms with Gasteiger partial charge in [0, 0.05) is 11.1 Å². The van der Waals surface area contributed by atoms with Crippen molar-refractivity contribution in [2.24, 2.45) is 0 Å². The molecule has 0 bridgehead atoms. The van der Waals surface area contributed by atoms with Crippen molar-refractivity contribution in [1.29, 1.82) is 5.26 Å². The number of allylic oxidation sites excluding steroid dienone is 1. The van der Waals surface area contributed by atoms with Crippen molar-refractivity contribution in [3.8, 4) is 6.07 Å². The summed E-state index contributed by atoms with van der Waals surface area (Å²) in [5.41, 5.74) is 0.965. The molecule has 0 aliphatic heterocycles. The van der Waals surface area contributed by atoms with Crippen LogP contribution in [0.15, 0.2) is 23.8 Å². The quantitative estimate of drug-likeness (QED) is 0.717. The molecule has 0 aliphatic carbocycles. The Morgan fingerprint density at radius 3 is 2.69 bits per heavy atom. The summed E-state index contributed by atoms with van der Waals surface area (Å²) in [5.74, 6) is -0.424. The third-order valence-corrected chi connectivity index (χ3v) is 2.81. The highest BCUT2D eigenvalue weighted by molar-refractivity contribution is 6.51. The third-order valence-electron chi connectivity index (χ3n) is 2.07. The summed E-state index contributed by atoms with van der Waals surface area (Å²) in [5, 5.41) is 9.44. The van der Waals surface area contributed by atoms with Crippen molar-refractivity contribution < 1.29 is 4.39 Å². The van der Waals surface area contributed by atoms with Gasteiger partial charge in [-0.15, -0.1) is 0 Å². The van der Waals surface area contributed by atoms with Crippen LogP contribution in [0.5, 0.6) is 0 Å². The smallest absolute Gasteiger partial charge is 0.124 e. The van der Waals surface area contributed by atoms with E-state index in [1.807, 2.05) is 13.0 Å². The highest BCUT2D eigenvalue weighted by Crippen LogP contribution is 2.31. The van der Waals surface area contributed by atoms with Gasteiger partial charge in [-0.2, -0.15) is 5.26 Å².